The third-order valence-electron chi connectivity index (χ3n) is 5.14. The van der Waals surface area contributed by atoms with Gasteiger partial charge in [-0.1, -0.05) is 6.07 Å². The lowest BCUT2D eigenvalue weighted by Crippen LogP contribution is -2.37. The molecule has 2 aliphatic rings. The van der Waals surface area contributed by atoms with Crippen LogP contribution >= 0.6 is 0 Å². The quantitative estimate of drug-likeness (QED) is 0.741. The molecule has 1 aromatic carbocycles. The van der Waals surface area contributed by atoms with E-state index in [0.29, 0.717) is 29.2 Å². The van der Waals surface area contributed by atoms with E-state index >= 15 is 0 Å². The molecule has 0 saturated carbocycles. The highest BCUT2D eigenvalue weighted by Crippen LogP contribution is 2.45. The lowest BCUT2D eigenvalue weighted by atomic mass is 9.71. The lowest BCUT2D eigenvalue weighted by molar-refractivity contribution is -0.146. The highest BCUT2D eigenvalue weighted by atomic mass is 16.5. The Kier molecular flexibility index (Phi) is 5.63. The predicted molar refractivity (Wildman–Crippen MR) is 101 cm³/mol. The molecule has 1 heterocycles. The fraction of sp³-hybridized carbons (Fsp3) is 0.476. The molecule has 0 amide bonds. The van der Waals surface area contributed by atoms with Crippen molar-refractivity contribution in [1.29, 1.82) is 0 Å². The molecule has 0 N–H and O–H groups in total. The van der Waals surface area contributed by atoms with Crippen molar-refractivity contribution in [1.82, 2.24) is 0 Å². The number of ether oxygens (including phenoxy) is 3. The molecular formula is C21H25NO5. The Morgan fingerprint density at radius 2 is 1.93 bits per heavy atom. The zero-order valence-corrected chi connectivity index (χ0v) is 16.2. The average Bonchev–Trinajstić information content (AvgIpc) is 2.66. The zero-order chi connectivity index (χ0) is 19.6. The molecule has 2 atom stereocenters. The van der Waals surface area contributed by atoms with Gasteiger partial charge in [0.05, 0.1) is 20.8 Å². The third kappa shape index (κ3) is 3.48. The minimum atomic E-state index is -0.621. The van der Waals surface area contributed by atoms with Crippen molar-refractivity contribution in [3.05, 3.63) is 35.0 Å². The fourth-order valence-electron chi connectivity index (χ4n) is 3.95. The number of rotatable bonds is 5. The van der Waals surface area contributed by atoms with E-state index in [1.807, 2.05) is 19.1 Å². The summed E-state index contributed by atoms with van der Waals surface area (Å²) in [6, 6.07) is 5.51. The predicted octanol–water partition coefficient (Wildman–Crippen LogP) is 3.45. The maximum absolute atomic E-state index is 12.8. The van der Waals surface area contributed by atoms with Crippen LogP contribution in [0.1, 0.15) is 44.6 Å². The molecule has 1 aromatic rings. The molecule has 1 aliphatic heterocycles. The van der Waals surface area contributed by atoms with Crippen LogP contribution in [-0.4, -0.2) is 38.3 Å². The maximum atomic E-state index is 12.8. The van der Waals surface area contributed by atoms with Gasteiger partial charge in [-0.25, -0.2) is 0 Å². The number of hydrogen-bond donors (Lipinski definition) is 0. The minimum absolute atomic E-state index is 0.0570. The first-order valence-electron chi connectivity index (χ1n) is 9.21. The van der Waals surface area contributed by atoms with E-state index in [1.54, 1.807) is 27.2 Å². The molecule has 0 spiro atoms. The van der Waals surface area contributed by atoms with Gasteiger partial charge in [-0.05, 0) is 44.4 Å². The molecule has 1 aliphatic carbocycles. The summed E-state index contributed by atoms with van der Waals surface area (Å²) >= 11 is 0. The van der Waals surface area contributed by atoms with E-state index < -0.39 is 11.8 Å². The van der Waals surface area contributed by atoms with Crippen LogP contribution in [0.15, 0.2) is 34.5 Å². The Morgan fingerprint density at radius 1 is 1.19 bits per heavy atom. The smallest absolute Gasteiger partial charge is 0.315 e. The van der Waals surface area contributed by atoms with Crippen molar-refractivity contribution >= 4 is 17.5 Å². The topological polar surface area (TPSA) is 74.2 Å². The first-order valence-corrected chi connectivity index (χ1v) is 9.21. The third-order valence-corrected chi connectivity index (χ3v) is 5.14. The molecule has 3 rings (SSSR count). The summed E-state index contributed by atoms with van der Waals surface area (Å²) in [4.78, 5) is 30.2. The number of carbonyl (C=O) groups is 2. The molecule has 0 radical (unpaired) electrons. The molecule has 6 nitrogen and oxygen atoms in total. The standard InChI is InChI=1S/C21H25NO5/c1-5-27-21(24)18-12(2)22-14-7-6-8-15(23)20(14)19(18)13-9-10-16(25-3)17(11-13)26-4/h9-11,18-19H,5-8H2,1-4H3/t18?,19-/m1/s1. The van der Waals surface area contributed by atoms with Gasteiger partial charge in [-0.2, -0.15) is 0 Å². The van der Waals surface area contributed by atoms with E-state index in [1.165, 1.54) is 0 Å². The first kappa shape index (κ1) is 19.1. The number of Topliss-reactive ketones (excluding diaryl/α,β-unsaturated/α-hetero) is 1. The number of hydrogen-bond acceptors (Lipinski definition) is 6. The van der Waals surface area contributed by atoms with Crippen molar-refractivity contribution in [3.63, 3.8) is 0 Å². The second kappa shape index (κ2) is 7.94. The average molecular weight is 371 g/mol. The van der Waals surface area contributed by atoms with Gasteiger partial charge >= 0.3 is 5.97 Å². The molecular weight excluding hydrogens is 346 g/mol. The minimum Gasteiger partial charge on any atom is -0.493 e. The van der Waals surface area contributed by atoms with Crippen LogP contribution in [0.25, 0.3) is 0 Å². The second-order valence-corrected chi connectivity index (χ2v) is 6.71. The highest BCUT2D eigenvalue weighted by molar-refractivity contribution is 6.08. The lowest BCUT2D eigenvalue weighted by Gasteiger charge is -2.34. The largest absolute Gasteiger partial charge is 0.493 e. The van der Waals surface area contributed by atoms with Gasteiger partial charge in [0.1, 0.15) is 5.92 Å². The van der Waals surface area contributed by atoms with E-state index in [9.17, 15) is 9.59 Å². The SMILES string of the molecule is CCOC(=O)C1C(C)=NC2=C(C(=O)CCC2)[C@@H]1c1ccc(OC)c(OC)c1. The number of aliphatic imine (C=N–C) groups is 1. The Bertz CT molecular complexity index is 824. The van der Waals surface area contributed by atoms with Crippen LogP contribution < -0.4 is 9.47 Å². The van der Waals surface area contributed by atoms with Crippen LogP contribution in [0, 0.1) is 5.92 Å². The normalized spacial score (nSPS) is 22.1. The van der Waals surface area contributed by atoms with Crippen LogP contribution in [0.4, 0.5) is 0 Å². The van der Waals surface area contributed by atoms with Crippen LogP contribution in [0.2, 0.25) is 0 Å². The van der Waals surface area contributed by atoms with Crippen molar-refractivity contribution in [2.24, 2.45) is 10.9 Å². The van der Waals surface area contributed by atoms with Gasteiger partial charge in [0.25, 0.3) is 0 Å². The molecule has 1 unspecified atom stereocenters. The summed E-state index contributed by atoms with van der Waals surface area (Å²) in [7, 11) is 3.14. The van der Waals surface area contributed by atoms with Gasteiger partial charge < -0.3 is 14.2 Å². The van der Waals surface area contributed by atoms with Crippen molar-refractivity contribution < 1.29 is 23.8 Å². The molecule has 0 saturated heterocycles. The fourth-order valence-corrected chi connectivity index (χ4v) is 3.95. The Hall–Kier alpha value is -2.63. The van der Waals surface area contributed by atoms with Crippen LogP contribution in [0.5, 0.6) is 11.5 Å². The summed E-state index contributed by atoms with van der Waals surface area (Å²) in [6.07, 6.45) is 2.02. The van der Waals surface area contributed by atoms with E-state index in [0.717, 1.165) is 24.1 Å². The zero-order valence-electron chi connectivity index (χ0n) is 16.2. The molecule has 0 fully saturated rings. The van der Waals surface area contributed by atoms with Crippen molar-refractivity contribution in [2.45, 2.75) is 39.0 Å². The van der Waals surface area contributed by atoms with Gasteiger partial charge in [0.15, 0.2) is 17.3 Å². The number of benzene rings is 1. The monoisotopic (exact) mass is 371 g/mol. The number of nitrogens with zero attached hydrogens (tertiary/aromatic N) is 1. The Morgan fingerprint density at radius 3 is 2.59 bits per heavy atom. The summed E-state index contributed by atoms with van der Waals surface area (Å²) in [6.45, 7) is 3.88. The van der Waals surface area contributed by atoms with Crippen LogP contribution in [0.3, 0.4) is 0 Å². The number of esters is 1. The molecule has 0 bridgehead atoms. The highest BCUT2D eigenvalue weighted by Gasteiger charge is 2.43. The first-order chi connectivity index (χ1) is 13.0. The molecule has 144 valence electrons. The number of ketones is 1. The van der Waals surface area contributed by atoms with E-state index in [4.69, 9.17) is 14.2 Å². The van der Waals surface area contributed by atoms with Crippen molar-refractivity contribution in [3.8, 4) is 11.5 Å². The molecule has 6 heteroatoms. The Labute approximate surface area is 159 Å². The summed E-state index contributed by atoms with van der Waals surface area (Å²) in [5.41, 5.74) is 2.94. The van der Waals surface area contributed by atoms with Gasteiger partial charge in [-0.15, -0.1) is 0 Å². The number of allylic oxidation sites excluding steroid dienone is 2. The van der Waals surface area contributed by atoms with Gasteiger partial charge in [0, 0.05) is 29.3 Å². The maximum Gasteiger partial charge on any atom is 0.315 e. The van der Waals surface area contributed by atoms with Gasteiger partial charge in [-0.3, -0.25) is 14.6 Å². The second-order valence-electron chi connectivity index (χ2n) is 6.71. The van der Waals surface area contributed by atoms with Crippen LogP contribution in [-0.2, 0) is 14.3 Å². The molecule has 0 aromatic heterocycles. The van der Waals surface area contributed by atoms with Crippen molar-refractivity contribution in [2.75, 3.05) is 20.8 Å². The number of methoxy groups -OCH3 is 2. The molecule has 27 heavy (non-hydrogen) atoms. The number of carbonyl (C=O) groups excluding carboxylic acids is 2. The summed E-state index contributed by atoms with van der Waals surface area (Å²) < 4.78 is 16.1. The van der Waals surface area contributed by atoms with E-state index in [2.05, 4.69) is 4.99 Å². The van der Waals surface area contributed by atoms with E-state index in [-0.39, 0.29) is 18.4 Å². The summed E-state index contributed by atoms with van der Waals surface area (Å²) in [5, 5.41) is 0. The van der Waals surface area contributed by atoms with Gasteiger partial charge in [0.2, 0.25) is 0 Å². The summed E-state index contributed by atoms with van der Waals surface area (Å²) in [5.74, 6) is -0.194. The Balaban J connectivity index is 2.16.